The van der Waals surface area contributed by atoms with Crippen LogP contribution in [0.4, 0.5) is 11.4 Å². The Morgan fingerprint density at radius 1 is 0.435 bits per heavy atom. The average molecular weight is 615 g/mol. The Morgan fingerprint density at radius 3 is 1.15 bits per heavy atom. The summed E-state index contributed by atoms with van der Waals surface area (Å²) in [6, 6.07) is 28.8. The highest BCUT2D eigenvalue weighted by atomic mass is 16.5. The largest absolute Gasteiger partial charge is 0.496 e. The fraction of sp³-hybridized carbons (Fsp3) is 0.222. The Hall–Kier alpha value is -5.32. The molecule has 4 saturated heterocycles. The van der Waals surface area contributed by atoms with Crippen LogP contribution in [0.2, 0.25) is 0 Å². The van der Waals surface area contributed by atoms with Crippen molar-refractivity contribution in [3.8, 4) is 11.5 Å². The van der Waals surface area contributed by atoms with Gasteiger partial charge in [-0.1, -0.05) is 72.8 Å². The lowest BCUT2D eigenvalue weighted by molar-refractivity contribution is -0.136. The minimum atomic E-state index is -0.992. The molecule has 0 bridgehead atoms. The van der Waals surface area contributed by atoms with Crippen molar-refractivity contribution in [2.75, 3.05) is 24.0 Å². The van der Waals surface area contributed by atoms with E-state index in [4.69, 9.17) is 9.47 Å². The van der Waals surface area contributed by atoms with Gasteiger partial charge in [-0.15, -0.1) is 0 Å². The maximum Gasteiger partial charge on any atom is 0.253 e. The number of nitrogens with zero attached hydrogens (tertiary/aromatic N) is 4. The molecule has 0 N–H and O–H groups in total. The highest BCUT2D eigenvalue weighted by Gasteiger charge is 2.74. The molecule has 4 amide bonds. The van der Waals surface area contributed by atoms with Crippen LogP contribution in [0.15, 0.2) is 109 Å². The highest BCUT2D eigenvalue weighted by molar-refractivity contribution is 6.26. The summed E-state index contributed by atoms with van der Waals surface area (Å²) < 4.78 is 11.6. The second-order valence-electron chi connectivity index (χ2n) is 11.8. The smallest absolute Gasteiger partial charge is 0.253 e. The fourth-order valence-corrected chi connectivity index (χ4v) is 7.93. The van der Waals surface area contributed by atoms with E-state index in [1.807, 2.05) is 58.5 Å². The van der Waals surface area contributed by atoms with E-state index in [0.29, 0.717) is 34.0 Å². The molecule has 0 aromatic heterocycles. The van der Waals surface area contributed by atoms with Crippen LogP contribution in [-0.4, -0.2) is 59.9 Å². The monoisotopic (exact) mass is 614 g/mol. The molecule has 10 heteroatoms. The number of anilines is 2. The lowest BCUT2D eigenvalue weighted by Gasteiger charge is -2.36. The molecule has 10 nitrogen and oxygen atoms in total. The normalized spacial score (nSPS) is 27.3. The van der Waals surface area contributed by atoms with Crippen molar-refractivity contribution in [3.63, 3.8) is 0 Å². The van der Waals surface area contributed by atoms with E-state index in [-0.39, 0.29) is 11.8 Å². The molecule has 0 unspecified atom stereocenters. The van der Waals surface area contributed by atoms with Crippen LogP contribution in [0.3, 0.4) is 0 Å². The van der Waals surface area contributed by atoms with Crippen molar-refractivity contribution >= 4 is 35.0 Å². The quantitative estimate of drug-likeness (QED) is 0.299. The van der Waals surface area contributed by atoms with E-state index in [2.05, 4.69) is 0 Å². The van der Waals surface area contributed by atoms with Crippen LogP contribution in [0.5, 0.6) is 11.5 Å². The van der Waals surface area contributed by atoms with Gasteiger partial charge in [-0.3, -0.25) is 19.2 Å². The third-order valence-electron chi connectivity index (χ3n) is 9.67. The number of para-hydroxylation sites is 4. The fourth-order valence-electron chi connectivity index (χ4n) is 7.93. The van der Waals surface area contributed by atoms with Gasteiger partial charge >= 0.3 is 0 Å². The molecular weight excluding hydrogens is 584 g/mol. The summed E-state index contributed by atoms with van der Waals surface area (Å²) in [6.07, 6.45) is 0. The van der Waals surface area contributed by atoms with Crippen molar-refractivity contribution in [1.29, 1.82) is 0 Å². The summed E-state index contributed by atoms with van der Waals surface area (Å²) in [6.45, 7) is 0. The second-order valence-corrected chi connectivity index (χ2v) is 11.8. The van der Waals surface area contributed by atoms with Crippen LogP contribution in [0, 0.1) is 11.8 Å². The van der Waals surface area contributed by atoms with Gasteiger partial charge in [0.25, 0.3) is 11.8 Å². The molecule has 4 aliphatic heterocycles. The van der Waals surface area contributed by atoms with E-state index < -0.39 is 47.8 Å². The van der Waals surface area contributed by atoms with E-state index in [0.717, 1.165) is 0 Å². The minimum Gasteiger partial charge on any atom is -0.496 e. The number of benzene rings is 4. The summed E-state index contributed by atoms with van der Waals surface area (Å²) in [5, 5.41) is 3.66. The lowest BCUT2D eigenvalue weighted by atomic mass is 9.83. The van der Waals surface area contributed by atoms with Crippen LogP contribution in [0.1, 0.15) is 23.2 Å². The minimum absolute atomic E-state index is 0.376. The second kappa shape index (κ2) is 10.6. The molecule has 0 spiro atoms. The zero-order chi connectivity index (χ0) is 31.7. The molecule has 0 saturated carbocycles. The molecule has 0 aliphatic carbocycles. The third kappa shape index (κ3) is 3.77. The summed E-state index contributed by atoms with van der Waals surface area (Å²) in [7, 11) is 3.10. The first-order chi connectivity index (χ1) is 22.5. The Balaban J connectivity index is 1.37. The van der Waals surface area contributed by atoms with Crippen LogP contribution in [0.25, 0.3) is 0 Å². The van der Waals surface area contributed by atoms with Gasteiger partial charge in [-0.25, -0.2) is 19.8 Å². The number of imide groups is 2. The van der Waals surface area contributed by atoms with Crippen LogP contribution >= 0.6 is 0 Å². The van der Waals surface area contributed by atoms with Gasteiger partial charge in [0.1, 0.15) is 23.6 Å². The van der Waals surface area contributed by atoms with Crippen LogP contribution < -0.4 is 19.3 Å². The van der Waals surface area contributed by atoms with E-state index in [1.165, 1.54) is 9.80 Å². The maximum atomic E-state index is 14.6. The lowest BCUT2D eigenvalue weighted by Crippen LogP contribution is -2.50. The average Bonchev–Trinajstić information content (AvgIpc) is 3.76. The summed E-state index contributed by atoms with van der Waals surface area (Å²) in [4.78, 5) is 60.7. The van der Waals surface area contributed by atoms with Crippen molar-refractivity contribution in [2.24, 2.45) is 11.8 Å². The van der Waals surface area contributed by atoms with Gasteiger partial charge in [-0.2, -0.15) is 0 Å². The number of carbonyl (C=O) groups is 4. The molecule has 4 heterocycles. The van der Waals surface area contributed by atoms with Gasteiger partial charge < -0.3 is 9.47 Å². The number of carbonyl (C=O) groups excluding carboxylic acids is 4. The summed E-state index contributed by atoms with van der Waals surface area (Å²) >= 11 is 0. The molecule has 46 heavy (non-hydrogen) atoms. The number of methoxy groups -OCH3 is 2. The Morgan fingerprint density at radius 2 is 0.783 bits per heavy atom. The predicted molar refractivity (Wildman–Crippen MR) is 168 cm³/mol. The molecule has 4 aliphatic rings. The molecule has 4 fully saturated rings. The standard InChI is InChI=1S/C36H30N4O6/c1-45-25-19-11-9-17-23(25)29-27-31(35(43)37(33(27)41)21-13-5-3-6-14-21)40-30(24-18-10-12-20-26(24)46-2)28-32(39(29)40)36(44)38(34(28)42)22-15-7-4-8-16-22/h3-20,27-32H,1-2H3/t27-,28-,29+,30+,31-,32+/m1/s1. The molecule has 230 valence electrons. The molecule has 4 aromatic carbocycles. The Labute approximate surface area is 265 Å². The van der Waals surface area contributed by atoms with Crippen molar-refractivity contribution in [1.82, 2.24) is 10.0 Å². The van der Waals surface area contributed by atoms with Crippen molar-refractivity contribution in [2.45, 2.75) is 24.2 Å². The number of fused-ring (bicyclic) bond motifs is 5. The zero-order valence-electron chi connectivity index (χ0n) is 25.1. The Bertz CT molecular complexity index is 1750. The van der Waals surface area contributed by atoms with Gasteiger partial charge in [0.2, 0.25) is 11.8 Å². The van der Waals surface area contributed by atoms with Gasteiger partial charge in [0.05, 0.1) is 49.5 Å². The number of hydrogen-bond donors (Lipinski definition) is 0. The van der Waals surface area contributed by atoms with E-state index in [9.17, 15) is 19.2 Å². The van der Waals surface area contributed by atoms with Crippen molar-refractivity contribution < 1.29 is 28.7 Å². The number of rotatable bonds is 6. The first-order valence-corrected chi connectivity index (χ1v) is 15.2. The number of hydrazine groups is 1. The molecule has 8 rings (SSSR count). The third-order valence-corrected chi connectivity index (χ3v) is 9.67. The first kappa shape index (κ1) is 28.2. The maximum absolute atomic E-state index is 14.6. The summed E-state index contributed by atoms with van der Waals surface area (Å²) in [5.41, 5.74) is 2.23. The summed E-state index contributed by atoms with van der Waals surface area (Å²) in [5.74, 6) is -2.34. The molecule has 6 atom stereocenters. The number of amides is 4. The highest BCUT2D eigenvalue weighted by Crippen LogP contribution is 2.61. The SMILES string of the molecule is COc1ccccc1[C@H]1[C@H]2C(=O)N(c3ccccc3)C(=O)[C@@H]2N2[C@@H](c3ccccc3OC)[C@H]3C(=O)N(c4ccccc4)C(=O)[C@H]3N12. The van der Waals surface area contributed by atoms with E-state index >= 15 is 0 Å². The first-order valence-electron chi connectivity index (χ1n) is 15.2. The number of ether oxygens (including phenoxy) is 2. The topological polar surface area (TPSA) is 99.7 Å². The predicted octanol–water partition coefficient (Wildman–Crippen LogP) is 4.15. The van der Waals surface area contributed by atoms with Crippen LogP contribution in [-0.2, 0) is 19.2 Å². The number of hydrogen-bond acceptors (Lipinski definition) is 8. The zero-order valence-corrected chi connectivity index (χ0v) is 25.1. The van der Waals surface area contributed by atoms with Gasteiger partial charge in [-0.05, 0) is 36.4 Å². The molecule has 0 radical (unpaired) electrons. The van der Waals surface area contributed by atoms with E-state index in [1.54, 1.807) is 74.9 Å². The molecular formula is C36H30N4O6. The molecule has 4 aromatic rings. The van der Waals surface area contributed by atoms with Gasteiger partial charge in [0.15, 0.2) is 0 Å². The Kier molecular flexibility index (Phi) is 6.52. The van der Waals surface area contributed by atoms with Crippen molar-refractivity contribution in [3.05, 3.63) is 120 Å². The van der Waals surface area contributed by atoms with Gasteiger partial charge in [0, 0.05) is 11.1 Å².